The lowest BCUT2D eigenvalue weighted by molar-refractivity contribution is 0.630. The number of benzene rings is 1. The van der Waals surface area contributed by atoms with Crippen LogP contribution in [-0.2, 0) is 7.05 Å². The molecule has 0 saturated heterocycles. The molecule has 1 aromatic carbocycles. The van der Waals surface area contributed by atoms with Crippen LogP contribution in [0, 0.1) is 26.6 Å². The van der Waals surface area contributed by atoms with Gasteiger partial charge in [0, 0.05) is 29.9 Å². The third-order valence-corrected chi connectivity index (χ3v) is 4.37. The van der Waals surface area contributed by atoms with Gasteiger partial charge in [-0.1, -0.05) is 6.07 Å². The van der Waals surface area contributed by atoms with Crippen molar-refractivity contribution in [3.8, 4) is 0 Å². The van der Waals surface area contributed by atoms with Crippen molar-refractivity contribution in [1.29, 1.82) is 0 Å². The van der Waals surface area contributed by atoms with Crippen LogP contribution in [0.25, 0.3) is 0 Å². The first-order valence-electron chi connectivity index (χ1n) is 7.88. The molecule has 3 rings (SSSR count). The number of aromatic nitrogens is 1. The summed E-state index contributed by atoms with van der Waals surface area (Å²) in [6.07, 6.45) is 2.26. The molecule has 0 bridgehead atoms. The van der Waals surface area contributed by atoms with Crippen LogP contribution in [0.15, 0.2) is 23.0 Å². The molecule has 122 valence electrons. The highest BCUT2D eigenvalue weighted by molar-refractivity contribution is 5.70. The van der Waals surface area contributed by atoms with E-state index in [1.807, 2.05) is 26.8 Å². The number of rotatable bonds is 4. The van der Waals surface area contributed by atoms with Gasteiger partial charge in [-0.2, -0.15) is 0 Å². The molecule has 2 N–H and O–H groups in total. The van der Waals surface area contributed by atoms with E-state index < -0.39 is 0 Å². The molecule has 0 aliphatic heterocycles. The molecule has 1 heterocycles. The highest BCUT2D eigenvalue weighted by Crippen LogP contribution is 2.32. The molecular weight excluding hydrogens is 293 g/mol. The maximum Gasteiger partial charge on any atom is 0.256 e. The van der Waals surface area contributed by atoms with E-state index in [0.29, 0.717) is 23.1 Å². The molecule has 1 aliphatic rings. The molecule has 0 amide bonds. The van der Waals surface area contributed by atoms with E-state index in [0.717, 1.165) is 29.7 Å². The van der Waals surface area contributed by atoms with Crippen molar-refractivity contribution in [3.05, 3.63) is 51.1 Å². The van der Waals surface area contributed by atoms with Gasteiger partial charge in [0.1, 0.15) is 11.6 Å². The summed E-state index contributed by atoms with van der Waals surface area (Å²) < 4.78 is 15.7. The first-order valence-corrected chi connectivity index (χ1v) is 7.88. The van der Waals surface area contributed by atoms with E-state index >= 15 is 0 Å². The van der Waals surface area contributed by atoms with Crippen LogP contribution in [-0.4, -0.2) is 10.6 Å². The van der Waals surface area contributed by atoms with Crippen LogP contribution in [0.3, 0.4) is 0 Å². The van der Waals surface area contributed by atoms with Crippen LogP contribution >= 0.6 is 0 Å². The zero-order valence-electron chi connectivity index (χ0n) is 14.0. The molecule has 2 aromatic rings. The Bertz CT molecular complexity index is 822. The van der Waals surface area contributed by atoms with Gasteiger partial charge in [0.15, 0.2) is 0 Å². The Kier molecular flexibility index (Phi) is 3.88. The number of anilines is 3. The molecule has 4 nitrogen and oxygen atoms in total. The standard InChI is InChI=1S/C18H22FN3O/c1-10-5-8-15(14(19)9-10)21-17-11(2)16(20-13-6-7-13)12(3)18(23)22(17)4/h5,8-9,13,20-21H,6-7H2,1-4H3. The van der Waals surface area contributed by atoms with Crippen LogP contribution in [0.4, 0.5) is 21.6 Å². The molecule has 23 heavy (non-hydrogen) atoms. The van der Waals surface area contributed by atoms with Gasteiger partial charge in [-0.3, -0.25) is 9.36 Å². The normalized spacial score (nSPS) is 14.0. The van der Waals surface area contributed by atoms with E-state index in [-0.39, 0.29) is 11.4 Å². The number of aryl methyl sites for hydroxylation is 1. The van der Waals surface area contributed by atoms with E-state index in [2.05, 4.69) is 10.6 Å². The Labute approximate surface area is 135 Å². The number of pyridine rings is 1. The van der Waals surface area contributed by atoms with Crippen molar-refractivity contribution in [1.82, 2.24) is 4.57 Å². The second-order valence-electron chi connectivity index (χ2n) is 6.36. The SMILES string of the molecule is Cc1ccc(Nc2c(C)c(NC3CC3)c(C)c(=O)n2C)c(F)c1. The van der Waals surface area contributed by atoms with Crippen molar-refractivity contribution >= 4 is 17.2 Å². The smallest absolute Gasteiger partial charge is 0.256 e. The number of hydrogen-bond acceptors (Lipinski definition) is 3. The van der Waals surface area contributed by atoms with Crippen LogP contribution in [0.2, 0.25) is 0 Å². The third-order valence-electron chi connectivity index (χ3n) is 4.37. The fourth-order valence-corrected chi connectivity index (χ4v) is 2.79. The van der Waals surface area contributed by atoms with E-state index in [9.17, 15) is 9.18 Å². The minimum Gasteiger partial charge on any atom is -0.382 e. The van der Waals surface area contributed by atoms with Crippen LogP contribution in [0.1, 0.15) is 29.5 Å². The molecule has 1 saturated carbocycles. The van der Waals surface area contributed by atoms with Gasteiger partial charge < -0.3 is 10.6 Å². The Hall–Kier alpha value is -2.30. The third kappa shape index (κ3) is 2.96. The maximum absolute atomic E-state index is 14.1. The van der Waals surface area contributed by atoms with Gasteiger partial charge in [0.25, 0.3) is 5.56 Å². The summed E-state index contributed by atoms with van der Waals surface area (Å²) in [5, 5.41) is 6.51. The van der Waals surface area contributed by atoms with E-state index in [4.69, 9.17) is 0 Å². The summed E-state index contributed by atoms with van der Waals surface area (Å²) in [5.41, 5.74) is 3.65. The Morgan fingerprint density at radius 2 is 1.87 bits per heavy atom. The lowest BCUT2D eigenvalue weighted by atomic mass is 10.1. The second-order valence-corrected chi connectivity index (χ2v) is 6.36. The molecule has 5 heteroatoms. The van der Waals surface area contributed by atoms with Gasteiger partial charge in [-0.15, -0.1) is 0 Å². The summed E-state index contributed by atoms with van der Waals surface area (Å²) >= 11 is 0. The monoisotopic (exact) mass is 315 g/mol. The number of nitrogens with one attached hydrogen (secondary N) is 2. The first kappa shape index (κ1) is 15.6. The lowest BCUT2D eigenvalue weighted by Gasteiger charge is -2.20. The van der Waals surface area contributed by atoms with Crippen molar-refractivity contribution < 1.29 is 4.39 Å². The lowest BCUT2D eigenvalue weighted by Crippen LogP contribution is -2.25. The highest BCUT2D eigenvalue weighted by Gasteiger charge is 2.24. The topological polar surface area (TPSA) is 46.1 Å². The number of halogens is 1. The van der Waals surface area contributed by atoms with Gasteiger partial charge in [0.2, 0.25) is 0 Å². The molecule has 0 radical (unpaired) electrons. The van der Waals surface area contributed by atoms with Gasteiger partial charge in [-0.25, -0.2) is 4.39 Å². The molecule has 0 atom stereocenters. The summed E-state index contributed by atoms with van der Waals surface area (Å²) in [7, 11) is 1.71. The summed E-state index contributed by atoms with van der Waals surface area (Å²) in [4.78, 5) is 12.5. The average Bonchev–Trinajstić information content (AvgIpc) is 3.32. The predicted octanol–water partition coefficient (Wildman–Crippen LogP) is 3.77. The van der Waals surface area contributed by atoms with E-state index in [1.54, 1.807) is 17.7 Å². The molecule has 0 unspecified atom stereocenters. The Balaban J connectivity index is 2.07. The second kappa shape index (κ2) is 5.72. The zero-order valence-corrected chi connectivity index (χ0v) is 14.0. The Morgan fingerprint density at radius 1 is 1.17 bits per heavy atom. The van der Waals surface area contributed by atoms with Crippen molar-refractivity contribution in [2.45, 2.75) is 39.7 Å². The number of nitrogens with zero attached hydrogens (tertiary/aromatic N) is 1. The van der Waals surface area contributed by atoms with E-state index in [1.165, 1.54) is 6.07 Å². The zero-order chi connectivity index (χ0) is 16.7. The minimum atomic E-state index is -0.325. The van der Waals surface area contributed by atoms with Crippen molar-refractivity contribution in [2.24, 2.45) is 7.05 Å². The number of hydrogen-bond donors (Lipinski definition) is 2. The molecular formula is C18H22FN3O. The largest absolute Gasteiger partial charge is 0.382 e. The predicted molar refractivity (Wildman–Crippen MR) is 92.2 cm³/mol. The first-order chi connectivity index (χ1) is 10.9. The fourth-order valence-electron chi connectivity index (χ4n) is 2.79. The highest BCUT2D eigenvalue weighted by atomic mass is 19.1. The summed E-state index contributed by atoms with van der Waals surface area (Å²) in [6.45, 7) is 5.62. The average molecular weight is 315 g/mol. The maximum atomic E-state index is 14.1. The van der Waals surface area contributed by atoms with Gasteiger partial charge in [-0.05, 0) is 51.3 Å². The molecule has 1 aromatic heterocycles. The van der Waals surface area contributed by atoms with Gasteiger partial charge in [0.05, 0.1) is 5.69 Å². The minimum absolute atomic E-state index is 0.0752. The van der Waals surface area contributed by atoms with Gasteiger partial charge >= 0.3 is 0 Å². The fraction of sp³-hybridized carbons (Fsp3) is 0.389. The Morgan fingerprint density at radius 3 is 2.48 bits per heavy atom. The molecule has 0 spiro atoms. The summed E-state index contributed by atoms with van der Waals surface area (Å²) in [5.74, 6) is 0.292. The van der Waals surface area contributed by atoms with Crippen LogP contribution in [0.5, 0.6) is 0 Å². The quantitative estimate of drug-likeness (QED) is 0.903. The van der Waals surface area contributed by atoms with Crippen molar-refractivity contribution in [2.75, 3.05) is 10.6 Å². The van der Waals surface area contributed by atoms with Crippen LogP contribution < -0.4 is 16.2 Å². The molecule has 1 fully saturated rings. The summed E-state index contributed by atoms with van der Waals surface area (Å²) in [6, 6.07) is 5.47. The molecule has 1 aliphatic carbocycles. The van der Waals surface area contributed by atoms with Crippen molar-refractivity contribution in [3.63, 3.8) is 0 Å².